The molecular weight excluding hydrogens is 300 g/mol. The van der Waals surface area contributed by atoms with Crippen molar-refractivity contribution in [3.05, 3.63) is 29.8 Å². The smallest absolute Gasteiger partial charge is 0.250 e. The molecular formula is C16H18N2O3S. The zero-order chi connectivity index (χ0) is 15.4. The van der Waals surface area contributed by atoms with Gasteiger partial charge in [0, 0.05) is 12.1 Å². The molecule has 2 N–H and O–H groups in total. The van der Waals surface area contributed by atoms with Crippen molar-refractivity contribution < 1.29 is 14.3 Å². The van der Waals surface area contributed by atoms with E-state index in [4.69, 9.17) is 21.7 Å². The minimum atomic E-state index is -0.242. The van der Waals surface area contributed by atoms with Crippen molar-refractivity contribution in [2.45, 2.75) is 31.7 Å². The van der Waals surface area contributed by atoms with Gasteiger partial charge in [0.05, 0.1) is 0 Å². The SMILES string of the molecule is O=C(/C=C/c1ccc2c(c1)OCO2)NC(=S)NC1CCCC1. The molecule has 0 radical (unpaired) electrons. The number of thiocarbonyl (C=S) groups is 1. The third-order valence-corrected chi connectivity index (χ3v) is 3.97. The number of carbonyl (C=O) groups excluding carboxylic acids is 1. The lowest BCUT2D eigenvalue weighted by molar-refractivity contribution is -0.115. The summed E-state index contributed by atoms with van der Waals surface area (Å²) in [5.41, 5.74) is 0.870. The van der Waals surface area contributed by atoms with Gasteiger partial charge >= 0.3 is 0 Å². The van der Waals surface area contributed by atoms with Gasteiger partial charge in [-0.15, -0.1) is 0 Å². The highest BCUT2D eigenvalue weighted by atomic mass is 32.1. The molecule has 0 bridgehead atoms. The average molecular weight is 318 g/mol. The Bertz CT molecular complexity index is 609. The first-order valence-electron chi connectivity index (χ1n) is 7.40. The summed E-state index contributed by atoms with van der Waals surface area (Å²) >= 11 is 5.15. The van der Waals surface area contributed by atoms with Crippen molar-refractivity contribution in [1.82, 2.24) is 10.6 Å². The molecule has 1 saturated carbocycles. The molecule has 0 aromatic heterocycles. The number of rotatable bonds is 3. The third-order valence-electron chi connectivity index (χ3n) is 3.75. The highest BCUT2D eigenvalue weighted by Crippen LogP contribution is 2.32. The van der Waals surface area contributed by atoms with E-state index >= 15 is 0 Å². The summed E-state index contributed by atoms with van der Waals surface area (Å²) in [4.78, 5) is 11.9. The molecule has 1 amide bonds. The topological polar surface area (TPSA) is 59.6 Å². The third kappa shape index (κ3) is 3.76. The summed E-state index contributed by atoms with van der Waals surface area (Å²) in [6.07, 6.45) is 7.85. The normalized spacial score (nSPS) is 16.9. The summed E-state index contributed by atoms with van der Waals surface area (Å²) in [7, 11) is 0. The molecule has 2 aliphatic rings. The van der Waals surface area contributed by atoms with Crippen molar-refractivity contribution in [3.8, 4) is 11.5 Å². The largest absolute Gasteiger partial charge is 0.454 e. The minimum Gasteiger partial charge on any atom is -0.454 e. The Morgan fingerprint density at radius 2 is 2.00 bits per heavy atom. The lowest BCUT2D eigenvalue weighted by Gasteiger charge is -2.13. The van der Waals surface area contributed by atoms with E-state index in [9.17, 15) is 4.79 Å². The number of ether oxygens (including phenoxy) is 2. The second kappa shape index (κ2) is 6.79. The molecule has 5 nitrogen and oxygen atoms in total. The zero-order valence-electron chi connectivity index (χ0n) is 12.1. The van der Waals surface area contributed by atoms with Gasteiger partial charge < -0.3 is 14.8 Å². The summed E-state index contributed by atoms with van der Waals surface area (Å²) in [6, 6.07) is 5.92. The molecule has 6 heteroatoms. The Morgan fingerprint density at radius 3 is 2.82 bits per heavy atom. The van der Waals surface area contributed by atoms with Gasteiger partial charge in [0.1, 0.15) is 0 Å². The zero-order valence-corrected chi connectivity index (χ0v) is 12.9. The van der Waals surface area contributed by atoms with Gasteiger partial charge in [0.25, 0.3) is 0 Å². The van der Waals surface area contributed by atoms with Crippen molar-refractivity contribution in [2.75, 3.05) is 6.79 Å². The second-order valence-electron chi connectivity index (χ2n) is 5.39. The molecule has 1 heterocycles. The van der Waals surface area contributed by atoms with Crippen LogP contribution >= 0.6 is 12.2 Å². The van der Waals surface area contributed by atoms with Crippen LogP contribution < -0.4 is 20.1 Å². The number of carbonyl (C=O) groups is 1. The van der Waals surface area contributed by atoms with Gasteiger partial charge in [0.2, 0.25) is 12.7 Å². The van der Waals surface area contributed by atoms with E-state index in [0.29, 0.717) is 16.9 Å². The fourth-order valence-corrected chi connectivity index (χ4v) is 2.90. The maximum absolute atomic E-state index is 11.9. The molecule has 1 aliphatic heterocycles. The Morgan fingerprint density at radius 1 is 1.23 bits per heavy atom. The monoisotopic (exact) mass is 318 g/mol. The van der Waals surface area contributed by atoms with Crippen LogP contribution in [-0.2, 0) is 4.79 Å². The molecule has 1 fully saturated rings. The highest BCUT2D eigenvalue weighted by Gasteiger charge is 2.16. The van der Waals surface area contributed by atoms with Crippen molar-refractivity contribution >= 4 is 29.3 Å². The molecule has 1 aliphatic carbocycles. The Labute approximate surface area is 134 Å². The maximum Gasteiger partial charge on any atom is 0.250 e. The van der Waals surface area contributed by atoms with Crippen LogP contribution in [0.25, 0.3) is 6.08 Å². The van der Waals surface area contributed by atoms with Gasteiger partial charge in [0.15, 0.2) is 16.6 Å². The van der Waals surface area contributed by atoms with E-state index in [-0.39, 0.29) is 12.7 Å². The van der Waals surface area contributed by atoms with Crippen molar-refractivity contribution in [2.24, 2.45) is 0 Å². The number of nitrogens with one attached hydrogen (secondary N) is 2. The summed E-state index contributed by atoms with van der Waals surface area (Å²) < 4.78 is 10.5. The number of hydrogen-bond donors (Lipinski definition) is 2. The molecule has 3 rings (SSSR count). The first-order chi connectivity index (χ1) is 10.7. The van der Waals surface area contributed by atoms with E-state index in [2.05, 4.69) is 10.6 Å². The molecule has 0 atom stereocenters. The van der Waals surface area contributed by atoms with Crippen LogP contribution in [0.5, 0.6) is 11.5 Å². The number of fused-ring (bicyclic) bond motifs is 1. The van der Waals surface area contributed by atoms with Gasteiger partial charge in [-0.3, -0.25) is 10.1 Å². The fraction of sp³-hybridized carbons (Fsp3) is 0.375. The molecule has 22 heavy (non-hydrogen) atoms. The van der Waals surface area contributed by atoms with E-state index in [1.165, 1.54) is 18.9 Å². The Kier molecular flexibility index (Phi) is 4.58. The van der Waals surface area contributed by atoms with E-state index in [1.807, 2.05) is 18.2 Å². The Balaban J connectivity index is 1.51. The lowest BCUT2D eigenvalue weighted by Crippen LogP contribution is -2.42. The fourth-order valence-electron chi connectivity index (χ4n) is 2.63. The van der Waals surface area contributed by atoms with Crippen LogP contribution in [-0.4, -0.2) is 23.9 Å². The maximum atomic E-state index is 11.9. The highest BCUT2D eigenvalue weighted by molar-refractivity contribution is 7.80. The van der Waals surface area contributed by atoms with Crippen molar-refractivity contribution in [3.63, 3.8) is 0 Å². The summed E-state index contributed by atoms with van der Waals surface area (Å²) in [5.74, 6) is 1.18. The summed E-state index contributed by atoms with van der Waals surface area (Å²) in [6.45, 7) is 0.240. The molecule has 116 valence electrons. The number of amides is 1. The molecule has 0 unspecified atom stereocenters. The predicted octanol–water partition coefficient (Wildman–Crippen LogP) is 2.36. The molecule has 0 saturated heterocycles. The van der Waals surface area contributed by atoms with Crippen LogP contribution in [0.4, 0.5) is 0 Å². The Hall–Kier alpha value is -2.08. The molecule has 1 aromatic carbocycles. The lowest BCUT2D eigenvalue weighted by atomic mass is 10.2. The van der Waals surface area contributed by atoms with Crippen LogP contribution in [0.1, 0.15) is 31.2 Å². The second-order valence-corrected chi connectivity index (χ2v) is 5.80. The first-order valence-corrected chi connectivity index (χ1v) is 7.81. The van der Waals surface area contributed by atoms with Crippen LogP contribution in [0, 0.1) is 0 Å². The van der Waals surface area contributed by atoms with E-state index in [0.717, 1.165) is 24.2 Å². The number of benzene rings is 1. The standard InChI is InChI=1S/C16H18N2O3S/c19-15(18-16(22)17-12-3-1-2-4-12)8-6-11-5-7-13-14(9-11)21-10-20-13/h5-9,12H,1-4,10H2,(H2,17,18,19,22)/b8-6+. The van der Waals surface area contributed by atoms with E-state index in [1.54, 1.807) is 6.08 Å². The van der Waals surface area contributed by atoms with Crippen LogP contribution in [0.2, 0.25) is 0 Å². The first kappa shape index (κ1) is 14.8. The minimum absolute atomic E-state index is 0.240. The summed E-state index contributed by atoms with van der Waals surface area (Å²) in [5, 5.41) is 6.23. The molecule has 0 spiro atoms. The number of hydrogen-bond acceptors (Lipinski definition) is 4. The van der Waals surface area contributed by atoms with Crippen molar-refractivity contribution in [1.29, 1.82) is 0 Å². The van der Waals surface area contributed by atoms with E-state index < -0.39 is 0 Å². The quantitative estimate of drug-likeness (QED) is 0.662. The van der Waals surface area contributed by atoms with Gasteiger partial charge in [-0.05, 0) is 48.8 Å². The van der Waals surface area contributed by atoms with Crippen LogP contribution in [0.15, 0.2) is 24.3 Å². The van der Waals surface area contributed by atoms with Crippen LogP contribution in [0.3, 0.4) is 0 Å². The molecule has 1 aromatic rings. The average Bonchev–Trinajstić information content (AvgIpc) is 3.15. The van der Waals surface area contributed by atoms with Gasteiger partial charge in [-0.2, -0.15) is 0 Å². The van der Waals surface area contributed by atoms with Gasteiger partial charge in [-0.1, -0.05) is 18.9 Å². The van der Waals surface area contributed by atoms with Gasteiger partial charge in [-0.25, -0.2) is 0 Å². The predicted molar refractivity (Wildman–Crippen MR) is 87.7 cm³/mol.